The van der Waals surface area contributed by atoms with Crippen LogP contribution in [0.1, 0.15) is 38.7 Å². The molecule has 1 aliphatic heterocycles. The Bertz CT molecular complexity index is 663. The van der Waals surface area contributed by atoms with Gasteiger partial charge in [0.25, 0.3) is 0 Å². The van der Waals surface area contributed by atoms with Crippen molar-refractivity contribution >= 4 is 29.8 Å². The third-order valence-corrected chi connectivity index (χ3v) is 4.57. The highest BCUT2D eigenvalue weighted by Crippen LogP contribution is 2.34. The van der Waals surface area contributed by atoms with Gasteiger partial charge in [-0.1, -0.05) is 32.1 Å². The van der Waals surface area contributed by atoms with Gasteiger partial charge in [0.15, 0.2) is 0 Å². The number of nitrogens with one attached hydrogen (secondary N) is 1. The highest BCUT2D eigenvalue weighted by Gasteiger charge is 2.11. The van der Waals surface area contributed by atoms with Crippen LogP contribution in [-0.2, 0) is 11.2 Å². The summed E-state index contributed by atoms with van der Waals surface area (Å²) < 4.78 is 3.32. The van der Waals surface area contributed by atoms with Crippen molar-refractivity contribution in [2.75, 3.05) is 0 Å². The second-order valence-corrected chi connectivity index (χ2v) is 6.06. The fourth-order valence-corrected chi connectivity index (χ4v) is 3.14. The summed E-state index contributed by atoms with van der Waals surface area (Å²) in [5.41, 5.74) is 3.71. The van der Waals surface area contributed by atoms with Crippen molar-refractivity contribution in [1.82, 2.24) is 4.72 Å². The van der Waals surface area contributed by atoms with Crippen LogP contribution in [0, 0.1) is 0 Å². The van der Waals surface area contributed by atoms with Gasteiger partial charge in [0.2, 0.25) is 0 Å². The van der Waals surface area contributed by atoms with E-state index in [1.807, 2.05) is 26.1 Å². The lowest BCUT2D eigenvalue weighted by atomic mass is 10.1. The molecular formula is C18H22N2O2S. The van der Waals surface area contributed by atoms with Gasteiger partial charge < -0.3 is 9.83 Å². The van der Waals surface area contributed by atoms with Crippen LogP contribution in [0.15, 0.2) is 51.5 Å². The number of fused-ring (bicyclic) bond motifs is 1. The maximum absolute atomic E-state index is 11.0. The van der Waals surface area contributed by atoms with Gasteiger partial charge in [-0.15, -0.1) is 0 Å². The normalized spacial score (nSPS) is 14.5. The maximum atomic E-state index is 11.0. The number of rotatable bonds is 7. The first kappa shape index (κ1) is 17.3. The Kier molecular flexibility index (Phi) is 6.47. The molecule has 4 nitrogen and oxygen atoms in total. The molecule has 0 atom stereocenters. The predicted molar refractivity (Wildman–Crippen MR) is 96.3 cm³/mol. The van der Waals surface area contributed by atoms with E-state index in [-0.39, 0.29) is 0 Å². The fraction of sp³-hybridized carbons (Fsp3) is 0.333. The monoisotopic (exact) mass is 330 g/mol. The largest absolute Gasteiger partial charge is 0.478 e. The van der Waals surface area contributed by atoms with Crippen LogP contribution in [0.3, 0.4) is 0 Å². The zero-order valence-electron chi connectivity index (χ0n) is 13.5. The van der Waals surface area contributed by atoms with E-state index in [4.69, 9.17) is 5.11 Å². The molecule has 1 aliphatic rings. The summed E-state index contributed by atoms with van der Waals surface area (Å²) in [6.45, 7) is 3.88. The molecule has 1 aromatic rings. The van der Waals surface area contributed by atoms with Crippen LogP contribution in [0.4, 0.5) is 5.69 Å². The number of para-hydroxylation sites is 1. The second-order valence-electron chi connectivity index (χ2n) is 5.21. The number of carbonyl (C=O) groups is 1. The van der Waals surface area contributed by atoms with Gasteiger partial charge in [0, 0.05) is 17.5 Å². The van der Waals surface area contributed by atoms with E-state index in [1.54, 1.807) is 6.08 Å². The fourth-order valence-electron chi connectivity index (χ4n) is 2.26. The van der Waals surface area contributed by atoms with E-state index in [2.05, 4.69) is 27.9 Å². The standard InChI is InChI=1S/C18H22N2O2S/c1-3-13(18(21)22)10-11-15(4-2)20-23-16-9-5-7-14-8-6-12-19-17(14)16/h5,7,9-12,20H,3-4,6,8H2,1-2H3,(H,21,22)/b13-10+,15-11+. The van der Waals surface area contributed by atoms with Crippen molar-refractivity contribution in [2.45, 2.75) is 44.4 Å². The van der Waals surface area contributed by atoms with Crippen molar-refractivity contribution in [3.05, 3.63) is 47.2 Å². The lowest BCUT2D eigenvalue weighted by Crippen LogP contribution is -2.04. The summed E-state index contributed by atoms with van der Waals surface area (Å²) in [6, 6.07) is 6.23. The summed E-state index contributed by atoms with van der Waals surface area (Å²) in [6.07, 6.45) is 8.83. The topological polar surface area (TPSA) is 61.7 Å². The molecule has 0 aliphatic carbocycles. The number of aliphatic imine (C=N–C) groups is 1. The van der Waals surface area contributed by atoms with E-state index in [0.29, 0.717) is 12.0 Å². The molecule has 0 saturated heterocycles. The summed E-state index contributed by atoms with van der Waals surface area (Å²) >= 11 is 1.53. The molecule has 122 valence electrons. The first-order chi connectivity index (χ1) is 11.2. The Morgan fingerprint density at radius 1 is 1.35 bits per heavy atom. The minimum absolute atomic E-state index is 0.407. The summed E-state index contributed by atoms with van der Waals surface area (Å²) in [7, 11) is 0. The molecular weight excluding hydrogens is 308 g/mol. The third kappa shape index (κ3) is 4.73. The van der Waals surface area contributed by atoms with Crippen molar-refractivity contribution in [2.24, 2.45) is 4.99 Å². The number of aryl methyl sites for hydroxylation is 1. The van der Waals surface area contributed by atoms with Crippen molar-refractivity contribution in [3.8, 4) is 0 Å². The van der Waals surface area contributed by atoms with Gasteiger partial charge in [0.05, 0.1) is 10.6 Å². The molecule has 0 aromatic heterocycles. The molecule has 2 rings (SSSR count). The summed E-state index contributed by atoms with van der Waals surface area (Å²) in [5, 5.41) is 9.06. The molecule has 0 radical (unpaired) electrons. The smallest absolute Gasteiger partial charge is 0.331 e. The molecule has 0 saturated carbocycles. The maximum Gasteiger partial charge on any atom is 0.331 e. The lowest BCUT2D eigenvalue weighted by molar-refractivity contribution is -0.132. The SMILES string of the molecule is CC/C(=C\C=C(/CC)C(=O)O)NSc1cccc2c1N=CCC2. The summed E-state index contributed by atoms with van der Waals surface area (Å²) in [4.78, 5) is 16.6. The lowest BCUT2D eigenvalue weighted by Gasteiger charge is -2.14. The van der Waals surface area contributed by atoms with Crippen LogP contribution >= 0.6 is 11.9 Å². The molecule has 5 heteroatoms. The average molecular weight is 330 g/mol. The molecule has 2 N–H and O–H groups in total. The van der Waals surface area contributed by atoms with Gasteiger partial charge >= 0.3 is 5.97 Å². The number of benzene rings is 1. The number of hydrogen-bond acceptors (Lipinski definition) is 4. The Balaban J connectivity index is 2.10. The Hall–Kier alpha value is -2.01. The average Bonchev–Trinajstić information content (AvgIpc) is 2.57. The van der Waals surface area contributed by atoms with E-state index in [1.165, 1.54) is 17.5 Å². The van der Waals surface area contributed by atoms with Gasteiger partial charge in [-0.2, -0.15) is 0 Å². The Morgan fingerprint density at radius 2 is 2.17 bits per heavy atom. The van der Waals surface area contributed by atoms with Crippen LogP contribution in [-0.4, -0.2) is 17.3 Å². The highest BCUT2D eigenvalue weighted by atomic mass is 32.2. The molecule has 0 spiro atoms. The van der Waals surface area contributed by atoms with Crippen molar-refractivity contribution in [1.29, 1.82) is 0 Å². The van der Waals surface area contributed by atoms with Gasteiger partial charge in [-0.05, 0) is 55.3 Å². The van der Waals surface area contributed by atoms with Crippen molar-refractivity contribution < 1.29 is 9.90 Å². The van der Waals surface area contributed by atoms with Crippen LogP contribution in [0.25, 0.3) is 0 Å². The first-order valence-corrected chi connectivity index (χ1v) is 8.67. The Labute approximate surface area is 141 Å². The number of hydrogen-bond donors (Lipinski definition) is 2. The first-order valence-electron chi connectivity index (χ1n) is 7.86. The molecule has 0 bridgehead atoms. The van der Waals surface area contributed by atoms with E-state index < -0.39 is 5.97 Å². The number of carboxylic acid groups (broad SMARTS) is 1. The number of allylic oxidation sites excluding steroid dienone is 3. The third-order valence-electron chi connectivity index (χ3n) is 3.66. The van der Waals surface area contributed by atoms with Gasteiger partial charge in [-0.25, -0.2) is 4.79 Å². The van der Waals surface area contributed by atoms with Crippen LogP contribution in [0.2, 0.25) is 0 Å². The molecule has 23 heavy (non-hydrogen) atoms. The van der Waals surface area contributed by atoms with Crippen LogP contribution in [0.5, 0.6) is 0 Å². The van der Waals surface area contributed by atoms with Gasteiger partial charge in [0.1, 0.15) is 0 Å². The second kappa shape index (κ2) is 8.58. The zero-order valence-corrected chi connectivity index (χ0v) is 14.3. The zero-order chi connectivity index (χ0) is 16.7. The number of aliphatic carboxylic acids is 1. The predicted octanol–water partition coefficient (Wildman–Crippen LogP) is 4.65. The summed E-state index contributed by atoms with van der Waals surface area (Å²) in [5.74, 6) is -0.863. The van der Waals surface area contributed by atoms with E-state index >= 15 is 0 Å². The minimum atomic E-state index is -0.863. The quantitative estimate of drug-likeness (QED) is 0.434. The van der Waals surface area contributed by atoms with E-state index in [9.17, 15) is 4.79 Å². The Morgan fingerprint density at radius 3 is 2.87 bits per heavy atom. The molecule has 1 heterocycles. The molecule has 0 fully saturated rings. The molecule has 0 unspecified atom stereocenters. The number of carboxylic acids is 1. The highest BCUT2D eigenvalue weighted by molar-refractivity contribution is 7.97. The van der Waals surface area contributed by atoms with E-state index in [0.717, 1.165) is 35.5 Å². The van der Waals surface area contributed by atoms with Gasteiger partial charge in [-0.3, -0.25) is 4.99 Å². The number of nitrogens with zero attached hydrogens (tertiary/aromatic N) is 1. The van der Waals surface area contributed by atoms with Crippen LogP contribution < -0.4 is 4.72 Å². The molecule has 0 amide bonds. The minimum Gasteiger partial charge on any atom is -0.478 e. The molecule has 1 aromatic carbocycles. The van der Waals surface area contributed by atoms with Crippen molar-refractivity contribution in [3.63, 3.8) is 0 Å².